The highest BCUT2D eigenvalue weighted by molar-refractivity contribution is 7.14. The number of nitrogens with one attached hydrogen (secondary N) is 2. The van der Waals surface area contributed by atoms with Crippen LogP contribution in [0.5, 0.6) is 0 Å². The molecule has 1 aromatic heterocycles. The van der Waals surface area contributed by atoms with E-state index in [9.17, 15) is 4.79 Å². The molecule has 0 radical (unpaired) electrons. The van der Waals surface area contributed by atoms with Gasteiger partial charge in [-0.25, -0.2) is 0 Å². The van der Waals surface area contributed by atoms with Crippen molar-refractivity contribution in [3.63, 3.8) is 0 Å². The van der Waals surface area contributed by atoms with Crippen LogP contribution in [0.1, 0.15) is 18.9 Å². The number of anilines is 1. The quantitative estimate of drug-likeness (QED) is 0.821. The summed E-state index contributed by atoms with van der Waals surface area (Å²) in [5.74, 6) is -0.0423. The molecule has 5 nitrogen and oxygen atoms in total. The number of nitrogens with zero attached hydrogens (tertiary/aromatic N) is 2. The van der Waals surface area contributed by atoms with Crippen molar-refractivity contribution in [2.75, 3.05) is 31.5 Å². The third-order valence-electron chi connectivity index (χ3n) is 3.17. The summed E-state index contributed by atoms with van der Waals surface area (Å²) in [6, 6.07) is 4.26. The number of carbonyl (C=O) groups excluding carboxylic acids is 1. The van der Waals surface area contributed by atoms with E-state index in [-0.39, 0.29) is 5.91 Å². The molecule has 0 bridgehead atoms. The summed E-state index contributed by atoms with van der Waals surface area (Å²) < 4.78 is 0. The summed E-state index contributed by atoms with van der Waals surface area (Å²) in [4.78, 5) is 14.2. The molecule has 1 aliphatic rings. The Morgan fingerprint density at radius 2 is 2.47 bits per heavy atom. The van der Waals surface area contributed by atoms with Crippen molar-refractivity contribution >= 4 is 22.2 Å². The molecular formula is C13H18N4OS. The molecular weight excluding hydrogens is 260 g/mol. The van der Waals surface area contributed by atoms with Crippen LogP contribution in [0.2, 0.25) is 0 Å². The normalized spacial score (nSPS) is 15.0. The molecule has 2 N–H and O–H groups in total. The predicted octanol–water partition coefficient (Wildman–Crippen LogP) is 1.24. The molecule has 1 saturated heterocycles. The number of thiophene rings is 1. The highest BCUT2D eigenvalue weighted by Crippen LogP contribution is 2.22. The average Bonchev–Trinajstić information content (AvgIpc) is 2.74. The van der Waals surface area contributed by atoms with Crippen molar-refractivity contribution in [3.8, 4) is 6.07 Å². The Morgan fingerprint density at radius 1 is 1.68 bits per heavy atom. The first-order chi connectivity index (χ1) is 9.24. The van der Waals surface area contributed by atoms with Gasteiger partial charge in [0.15, 0.2) is 0 Å². The Hall–Kier alpha value is -1.42. The summed E-state index contributed by atoms with van der Waals surface area (Å²) in [7, 11) is 0. The molecule has 0 aromatic carbocycles. The fraction of sp³-hybridized carbons (Fsp3) is 0.538. The van der Waals surface area contributed by atoms with Gasteiger partial charge in [0, 0.05) is 19.1 Å². The zero-order valence-corrected chi connectivity index (χ0v) is 11.8. The standard InChI is InChI=1S/C13H18N4OS/c1-2-4-17(11-7-15-8-11)9-12(18)16-13-10(6-14)3-5-19-13/h3,5,11,15H,2,4,7-9H2,1H3,(H,16,18). The monoisotopic (exact) mass is 278 g/mol. The highest BCUT2D eigenvalue weighted by atomic mass is 32.1. The maximum absolute atomic E-state index is 12.0. The molecule has 1 aromatic rings. The molecule has 1 amide bonds. The maximum atomic E-state index is 12.0. The van der Waals surface area contributed by atoms with E-state index in [1.54, 1.807) is 6.07 Å². The molecule has 0 atom stereocenters. The van der Waals surface area contributed by atoms with Crippen LogP contribution < -0.4 is 10.6 Å². The van der Waals surface area contributed by atoms with Crippen molar-refractivity contribution in [2.24, 2.45) is 0 Å². The molecule has 6 heteroatoms. The average molecular weight is 278 g/mol. The first kappa shape index (κ1) is 14.0. The lowest BCUT2D eigenvalue weighted by Crippen LogP contribution is -2.58. The maximum Gasteiger partial charge on any atom is 0.239 e. The van der Waals surface area contributed by atoms with E-state index in [2.05, 4.69) is 28.5 Å². The Bertz CT molecular complexity index is 475. The van der Waals surface area contributed by atoms with Gasteiger partial charge >= 0.3 is 0 Å². The van der Waals surface area contributed by atoms with Gasteiger partial charge in [0.25, 0.3) is 0 Å². The number of hydrogen-bond donors (Lipinski definition) is 2. The number of rotatable bonds is 6. The zero-order valence-electron chi connectivity index (χ0n) is 11.0. The number of nitriles is 1. The lowest BCUT2D eigenvalue weighted by molar-refractivity contribution is -0.118. The van der Waals surface area contributed by atoms with Gasteiger partial charge in [-0.1, -0.05) is 6.92 Å². The van der Waals surface area contributed by atoms with Crippen LogP contribution in [0.15, 0.2) is 11.4 Å². The van der Waals surface area contributed by atoms with E-state index >= 15 is 0 Å². The second-order valence-electron chi connectivity index (χ2n) is 4.61. The second-order valence-corrected chi connectivity index (χ2v) is 5.52. The third kappa shape index (κ3) is 3.53. The molecule has 0 spiro atoms. The minimum Gasteiger partial charge on any atom is -0.315 e. The molecule has 2 rings (SSSR count). The van der Waals surface area contributed by atoms with E-state index in [4.69, 9.17) is 5.26 Å². The van der Waals surface area contributed by atoms with Gasteiger partial charge in [-0.3, -0.25) is 9.69 Å². The Kier molecular flexibility index (Phi) is 4.91. The van der Waals surface area contributed by atoms with Gasteiger partial charge in [0.05, 0.1) is 12.1 Å². The second kappa shape index (κ2) is 6.66. The zero-order chi connectivity index (χ0) is 13.7. The van der Waals surface area contributed by atoms with Crippen molar-refractivity contribution in [1.82, 2.24) is 10.2 Å². The van der Waals surface area contributed by atoms with Gasteiger partial charge in [-0.15, -0.1) is 11.3 Å². The van der Waals surface area contributed by atoms with Crippen LogP contribution in [0, 0.1) is 11.3 Å². The number of hydrogen-bond acceptors (Lipinski definition) is 5. The Balaban J connectivity index is 1.90. The van der Waals surface area contributed by atoms with Gasteiger partial charge in [0.2, 0.25) is 5.91 Å². The minimum atomic E-state index is -0.0423. The van der Waals surface area contributed by atoms with Gasteiger partial charge in [-0.2, -0.15) is 5.26 Å². The van der Waals surface area contributed by atoms with Crippen LogP contribution >= 0.6 is 11.3 Å². The lowest BCUT2D eigenvalue weighted by atomic mass is 10.1. The molecule has 102 valence electrons. The van der Waals surface area contributed by atoms with Gasteiger partial charge < -0.3 is 10.6 Å². The van der Waals surface area contributed by atoms with Crippen LogP contribution in [-0.2, 0) is 4.79 Å². The summed E-state index contributed by atoms with van der Waals surface area (Å²) in [6.07, 6.45) is 1.03. The van der Waals surface area contributed by atoms with Crippen molar-refractivity contribution in [3.05, 3.63) is 17.0 Å². The molecule has 1 fully saturated rings. The van der Waals surface area contributed by atoms with E-state index in [1.165, 1.54) is 11.3 Å². The smallest absolute Gasteiger partial charge is 0.239 e. The Labute approximate surface area is 117 Å². The number of amides is 1. The fourth-order valence-electron chi connectivity index (χ4n) is 2.05. The van der Waals surface area contributed by atoms with E-state index < -0.39 is 0 Å². The summed E-state index contributed by atoms with van der Waals surface area (Å²) in [6.45, 7) is 5.34. The highest BCUT2D eigenvalue weighted by Gasteiger charge is 2.25. The topological polar surface area (TPSA) is 68.2 Å². The van der Waals surface area contributed by atoms with Gasteiger partial charge in [-0.05, 0) is 24.4 Å². The van der Waals surface area contributed by atoms with E-state index in [0.29, 0.717) is 23.2 Å². The molecule has 2 heterocycles. The van der Waals surface area contributed by atoms with Crippen LogP contribution in [0.25, 0.3) is 0 Å². The summed E-state index contributed by atoms with van der Waals surface area (Å²) in [5, 5.41) is 17.4. The molecule has 1 aliphatic heterocycles. The summed E-state index contributed by atoms with van der Waals surface area (Å²) >= 11 is 1.39. The molecule has 0 saturated carbocycles. The molecule has 19 heavy (non-hydrogen) atoms. The van der Waals surface area contributed by atoms with Crippen molar-refractivity contribution in [1.29, 1.82) is 5.26 Å². The number of carbonyl (C=O) groups is 1. The predicted molar refractivity (Wildman–Crippen MR) is 76.2 cm³/mol. The van der Waals surface area contributed by atoms with E-state index in [0.717, 1.165) is 26.1 Å². The third-order valence-corrected chi connectivity index (χ3v) is 4.00. The lowest BCUT2D eigenvalue weighted by Gasteiger charge is -2.37. The summed E-state index contributed by atoms with van der Waals surface area (Å²) in [5.41, 5.74) is 0.533. The largest absolute Gasteiger partial charge is 0.315 e. The van der Waals surface area contributed by atoms with Crippen LogP contribution in [0.4, 0.5) is 5.00 Å². The van der Waals surface area contributed by atoms with Crippen molar-refractivity contribution < 1.29 is 4.79 Å². The molecule has 0 unspecified atom stereocenters. The van der Waals surface area contributed by atoms with Crippen LogP contribution in [0.3, 0.4) is 0 Å². The van der Waals surface area contributed by atoms with Crippen LogP contribution in [-0.4, -0.2) is 43.0 Å². The SMILES string of the molecule is CCCN(CC(=O)Nc1sccc1C#N)C1CNC1. The first-order valence-corrected chi connectivity index (χ1v) is 7.34. The Morgan fingerprint density at radius 3 is 3.05 bits per heavy atom. The first-order valence-electron chi connectivity index (χ1n) is 6.46. The minimum absolute atomic E-state index is 0.0423. The molecule has 0 aliphatic carbocycles. The fourth-order valence-corrected chi connectivity index (χ4v) is 2.81. The van der Waals surface area contributed by atoms with E-state index in [1.807, 2.05) is 5.38 Å². The van der Waals surface area contributed by atoms with Crippen molar-refractivity contribution in [2.45, 2.75) is 19.4 Å². The van der Waals surface area contributed by atoms with Gasteiger partial charge in [0.1, 0.15) is 11.1 Å².